The smallest absolute Gasteiger partial charge is 0.0484 e. The van der Waals surface area contributed by atoms with Gasteiger partial charge in [0.1, 0.15) is 0 Å². The average molecular weight is 158 g/mol. The van der Waals surface area contributed by atoms with Gasteiger partial charge in [-0.2, -0.15) is 0 Å². The number of hydrogen-bond acceptors (Lipinski definition) is 1. The highest BCUT2D eigenvalue weighted by Gasteiger charge is 2.22. The van der Waals surface area contributed by atoms with Gasteiger partial charge < -0.3 is 5.11 Å². The van der Waals surface area contributed by atoms with Crippen molar-refractivity contribution in [1.29, 1.82) is 0 Å². The molecule has 0 spiro atoms. The van der Waals surface area contributed by atoms with Crippen molar-refractivity contribution in [3.63, 3.8) is 0 Å². The summed E-state index contributed by atoms with van der Waals surface area (Å²) in [6, 6.07) is 0. The van der Waals surface area contributed by atoms with E-state index in [1.165, 1.54) is 6.42 Å². The fourth-order valence-corrected chi connectivity index (χ4v) is 1.83. The summed E-state index contributed by atoms with van der Waals surface area (Å²) in [6.07, 6.45) is 3.45. The molecule has 1 N–H and O–H groups in total. The van der Waals surface area contributed by atoms with Gasteiger partial charge >= 0.3 is 0 Å². The number of aliphatic hydroxyl groups excluding tert-OH is 1. The molecular weight excluding hydrogens is 136 g/mol. The van der Waals surface area contributed by atoms with E-state index in [1.54, 1.807) is 0 Å². The van der Waals surface area contributed by atoms with Crippen LogP contribution in [0.25, 0.3) is 0 Å². The van der Waals surface area contributed by atoms with Gasteiger partial charge in [0.2, 0.25) is 0 Å². The molecule has 1 unspecified atom stereocenters. The van der Waals surface area contributed by atoms with Crippen molar-refractivity contribution in [3.05, 3.63) is 0 Å². The molecule has 68 valence electrons. The van der Waals surface area contributed by atoms with Crippen LogP contribution in [0.5, 0.6) is 0 Å². The van der Waals surface area contributed by atoms with Crippen LogP contribution in [0.1, 0.15) is 47.0 Å². The molecular formula is C10H22O. The number of hydrogen-bond donors (Lipinski definition) is 1. The zero-order chi connectivity index (χ0) is 8.91. The summed E-state index contributed by atoms with van der Waals surface area (Å²) in [4.78, 5) is 0. The minimum Gasteiger partial charge on any atom is -0.396 e. The van der Waals surface area contributed by atoms with Gasteiger partial charge in [0.05, 0.1) is 0 Å². The summed E-state index contributed by atoms with van der Waals surface area (Å²) >= 11 is 0. The third-order valence-corrected chi connectivity index (χ3v) is 2.14. The maximum Gasteiger partial charge on any atom is 0.0484 e. The van der Waals surface area contributed by atoms with Crippen molar-refractivity contribution in [2.24, 2.45) is 11.3 Å². The summed E-state index contributed by atoms with van der Waals surface area (Å²) in [5.41, 5.74) is 0.170. The Bertz CT molecular complexity index is 99.0. The molecule has 0 aromatic carbocycles. The lowest BCUT2D eigenvalue weighted by atomic mass is 9.79. The van der Waals surface area contributed by atoms with Crippen LogP contribution in [0.4, 0.5) is 0 Å². The van der Waals surface area contributed by atoms with E-state index in [2.05, 4.69) is 27.7 Å². The van der Waals surface area contributed by atoms with Crippen molar-refractivity contribution in [2.75, 3.05) is 6.61 Å². The molecule has 0 fully saturated rings. The summed E-state index contributed by atoms with van der Waals surface area (Å²) in [5.74, 6) is 0.693. The highest BCUT2D eigenvalue weighted by atomic mass is 16.3. The molecule has 0 amide bonds. The van der Waals surface area contributed by atoms with E-state index in [4.69, 9.17) is 5.11 Å². The molecule has 0 saturated heterocycles. The van der Waals surface area contributed by atoms with Crippen LogP contribution >= 0.6 is 0 Å². The molecule has 0 aromatic heterocycles. The second-order valence-electron chi connectivity index (χ2n) is 4.32. The van der Waals surface area contributed by atoms with E-state index in [9.17, 15) is 0 Å². The Hall–Kier alpha value is -0.0400. The standard InChI is InChI=1S/C10H22O/c1-5-6-10(4,8-11)7-9(2)3/h9,11H,5-8H2,1-4H3. The van der Waals surface area contributed by atoms with E-state index >= 15 is 0 Å². The molecule has 1 nitrogen and oxygen atoms in total. The molecule has 0 heterocycles. The maximum atomic E-state index is 9.17. The van der Waals surface area contributed by atoms with Crippen molar-refractivity contribution < 1.29 is 5.11 Å². The average Bonchev–Trinajstić information content (AvgIpc) is 1.87. The molecule has 0 bridgehead atoms. The van der Waals surface area contributed by atoms with Gasteiger partial charge in [0, 0.05) is 6.61 Å². The third-order valence-electron chi connectivity index (χ3n) is 2.14. The van der Waals surface area contributed by atoms with E-state index in [0.717, 1.165) is 12.8 Å². The highest BCUT2D eigenvalue weighted by molar-refractivity contribution is 4.73. The zero-order valence-electron chi connectivity index (χ0n) is 8.35. The monoisotopic (exact) mass is 158 g/mol. The summed E-state index contributed by atoms with van der Waals surface area (Å²) in [5, 5.41) is 9.17. The van der Waals surface area contributed by atoms with Crippen molar-refractivity contribution in [1.82, 2.24) is 0 Å². The third kappa shape index (κ3) is 4.41. The number of aliphatic hydroxyl groups is 1. The minimum absolute atomic E-state index is 0.170. The predicted octanol–water partition coefficient (Wildman–Crippen LogP) is 2.83. The van der Waals surface area contributed by atoms with Gasteiger partial charge in [-0.05, 0) is 24.2 Å². The summed E-state index contributed by atoms with van der Waals surface area (Å²) in [7, 11) is 0. The fraction of sp³-hybridized carbons (Fsp3) is 1.00. The fourth-order valence-electron chi connectivity index (χ4n) is 1.83. The Morgan fingerprint density at radius 1 is 1.36 bits per heavy atom. The van der Waals surface area contributed by atoms with Crippen molar-refractivity contribution >= 4 is 0 Å². The molecule has 11 heavy (non-hydrogen) atoms. The summed E-state index contributed by atoms with van der Waals surface area (Å²) < 4.78 is 0. The highest BCUT2D eigenvalue weighted by Crippen LogP contribution is 2.30. The van der Waals surface area contributed by atoms with Crippen LogP contribution in [0.15, 0.2) is 0 Å². The SMILES string of the molecule is CCCC(C)(CO)CC(C)C. The lowest BCUT2D eigenvalue weighted by molar-refractivity contribution is 0.108. The van der Waals surface area contributed by atoms with Crippen LogP contribution in [-0.2, 0) is 0 Å². The lowest BCUT2D eigenvalue weighted by Crippen LogP contribution is -2.23. The van der Waals surface area contributed by atoms with Gasteiger partial charge in [0.25, 0.3) is 0 Å². The Balaban J connectivity index is 3.87. The largest absolute Gasteiger partial charge is 0.396 e. The van der Waals surface area contributed by atoms with Crippen LogP contribution < -0.4 is 0 Å². The van der Waals surface area contributed by atoms with Crippen LogP contribution in [-0.4, -0.2) is 11.7 Å². The van der Waals surface area contributed by atoms with Crippen molar-refractivity contribution in [3.8, 4) is 0 Å². The molecule has 0 saturated carbocycles. The second kappa shape index (κ2) is 4.76. The first-order valence-corrected chi connectivity index (χ1v) is 4.65. The van der Waals surface area contributed by atoms with Crippen molar-refractivity contribution in [2.45, 2.75) is 47.0 Å². The maximum absolute atomic E-state index is 9.17. The van der Waals surface area contributed by atoms with E-state index < -0.39 is 0 Å². The first-order chi connectivity index (χ1) is 5.04. The molecule has 1 atom stereocenters. The Morgan fingerprint density at radius 2 is 1.91 bits per heavy atom. The van der Waals surface area contributed by atoms with Crippen LogP contribution in [0.2, 0.25) is 0 Å². The quantitative estimate of drug-likeness (QED) is 0.652. The molecule has 0 aliphatic rings. The van der Waals surface area contributed by atoms with E-state index in [0.29, 0.717) is 12.5 Å². The van der Waals surface area contributed by atoms with Gasteiger partial charge in [0.15, 0.2) is 0 Å². The lowest BCUT2D eigenvalue weighted by Gasteiger charge is -2.28. The van der Waals surface area contributed by atoms with E-state index in [1.807, 2.05) is 0 Å². The first-order valence-electron chi connectivity index (χ1n) is 4.65. The van der Waals surface area contributed by atoms with Gasteiger partial charge in [-0.1, -0.05) is 34.1 Å². The molecule has 0 aliphatic carbocycles. The Labute approximate surface area is 70.8 Å². The normalized spacial score (nSPS) is 16.9. The molecule has 0 radical (unpaired) electrons. The topological polar surface area (TPSA) is 20.2 Å². The minimum atomic E-state index is 0.170. The first kappa shape index (κ1) is 11.0. The molecule has 0 aromatic rings. The second-order valence-corrected chi connectivity index (χ2v) is 4.32. The van der Waals surface area contributed by atoms with Crippen LogP contribution in [0, 0.1) is 11.3 Å². The van der Waals surface area contributed by atoms with Crippen LogP contribution in [0.3, 0.4) is 0 Å². The Morgan fingerprint density at radius 3 is 2.18 bits per heavy atom. The molecule has 0 aliphatic heterocycles. The summed E-state index contributed by atoms with van der Waals surface area (Å²) in [6.45, 7) is 9.11. The van der Waals surface area contributed by atoms with Gasteiger partial charge in [-0.15, -0.1) is 0 Å². The van der Waals surface area contributed by atoms with E-state index in [-0.39, 0.29) is 5.41 Å². The molecule has 0 rings (SSSR count). The number of rotatable bonds is 5. The van der Waals surface area contributed by atoms with Gasteiger partial charge in [-0.3, -0.25) is 0 Å². The predicted molar refractivity (Wildman–Crippen MR) is 49.6 cm³/mol. The van der Waals surface area contributed by atoms with Gasteiger partial charge in [-0.25, -0.2) is 0 Å². The zero-order valence-corrected chi connectivity index (χ0v) is 8.35. The Kier molecular flexibility index (Phi) is 4.74. The molecule has 1 heteroatoms.